The standard InChI is InChI=1S/C19H29N3O2/c1-19(2,3)16(20)18(24)22-11-9-14(10-12-22)15(17(21)23)13-7-5-4-6-8-13/h4-8,14-16H,9-12,20H2,1-3H3,(H2,21,23)/t15?,16-/m1/s1. The van der Waals surface area contributed by atoms with Crippen LogP contribution in [0.1, 0.15) is 45.1 Å². The summed E-state index contributed by atoms with van der Waals surface area (Å²) >= 11 is 0. The monoisotopic (exact) mass is 331 g/mol. The molecule has 1 aliphatic rings. The van der Waals surface area contributed by atoms with Crippen LogP contribution < -0.4 is 11.5 Å². The Balaban J connectivity index is 2.03. The average molecular weight is 331 g/mol. The SMILES string of the molecule is CC(C)(C)[C@H](N)C(=O)N1CCC(C(C(N)=O)c2ccccc2)CC1. The lowest BCUT2D eigenvalue weighted by atomic mass is 9.79. The fraction of sp³-hybridized carbons (Fsp3) is 0.579. The summed E-state index contributed by atoms with van der Waals surface area (Å²) in [4.78, 5) is 26.3. The zero-order valence-corrected chi connectivity index (χ0v) is 14.9. The Morgan fingerprint density at radius 2 is 1.67 bits per heavy atom. The molecular formula is C19H29N3O2. The molecule has 24 heavy (non-hydrogen) atoms. The van der Waals surface area contributed by atoms with Crippen LogP contribution in [0.3, 0.4) is 0 Å². The van der Waals surface area contributed by atoms with Crippen LogP contribution in [0.15, 0.2) is 30.3 Å². The summed E-state index contributed by atoms with van der Waals surface area (Å²) in [5, 5.41) is 0. The molecule has 2 rings (SSSR count). The lowest BCUT2D eigenvalue weighted by Crippen LogP contribution is -2.52. The first kappa shape index (κ1) is 18.5. The molecule has 1 aromatic carbocycles. The van der Waals surface area contributed by atoms with Gasteiger partial charge in [-0.2, -0.15) is 0 Å². The highest BCUT2D eigenvalue weighted by atomic mass is 16.2. The van der Waals surface area contributed by atoms with Gasteiger partial charge in [-0.1, -0.05) is 51.1 Å². The molecule has 1 saturated heterocycles. The van der Waals surface area contributed by atoms with E-state index >= 15 is 0 Å². The highest BCUT2D eigenvalue weighted by Gasteiger charge is 2.36. The normalized spacial score (nSPS) is 18.9. The molecule has 0 aromatic heterocycles. The number of nitrogens with zero attached hydrogens (tertiary/aromatic N) is 1. The molecule has 4 N–H and O–H groups in total. The van der Waals surface area contributed by atoms with E-state index in [0.29, 0.717) is 13.1 Å². The van der Waals surface area contributed by atoms with Gasteiger partial charge >= 0.3 is 0 Å². The molecule has 5 nitrogen and oxygen atoms in total. The summed E-state index contributed by atoms with van der Waals surface area (Å²) in [7, 11) is 0. The molecule has 2 atom stereocenters. The predicted octanol–water partition coefficient (Wildman–Crippen LogP) is 1.87. The zero-order chi connectivity index (χ0) is 17.9. The Hall–Kier alpha value is -1.88. The van der Waals surface area contributed by atoms with Crippen LogP contribution in [0.4, 0.5) is 0 Å². The van der Waals surface area contributed by atoms with E-state index in [2.05, 4.69) is 0 Å². The van der Waals surface area contributed by atoms with Gasteiger partial charge in [0.15, 0.2) is 0 Å². The first-order valence-corrected chi connectivity index (χ1v) is 8.60. The minimum Gasteiger partial charge on any atom is -0.369 e. The fourth-order valence-corrected chi connectivity index (χ4v) is 3.35. The van der Waals surface area contributed by atoms with E-state index in [-0.39, 0.29) is 29.1 Å². The first-order valence-electron chi connectivity index (χ1n) is 8.60. The quantitative estimate of drug-likeness (QED) is 0.882. The van der Waals surface area contributed by atoms with Crippen molar-refractivity contribution in [3.8, 4) is 0 Å². The molecular weight excluding hydrogens is 302 g/mol. The lowest BCUT2D eigenvalue weighted by Gasteiger charge is -2.38. The van der Waals surface area contributed by atoms with Crippen molar-refractivity contribution < 1.29 is 9.59 Å². The van der Waals surface area contributed by atoms with Crippen LogP contribution in [-0.4, -0.2) is 35.8 Å². The Labute approximate surface area is 144 Å². The van der Waals surface area contributed by atoms with Gasteiger partial charge in [0.25, 0.3) is 0 Å². The largest absolute Gasteiger partial charge is 0.369 e. The predicted molar refractivity (Wildman–Crippen MR) is 95.1 cm³/mol. The molecule has 1 aromatic rings. The third-order valence-electron chi connectivity index (χ3n) is 4.99. The summed E-state index contributed by atoms with van der Waals surface area (Å²) in [6.45, 7) is 7.18. The topological polar surface area (TPSA) is 89.4 Å². The van der Waals surface area contributed by atoms with Gasteiger partial charge in [0.1, 0.15) is 0 Å². The number of benzene rings is 1. The average Bonchev–Trinajstić information content (AvgIpc) is 2.54. The fourth-order valence-electron chi connectivity index (χ4n) is 3.35. The number of amides is 2. The summed E-state index contributed by atoms with van der Waals surface area (Å²) in [5.41, 5.74) is 12.5. The van der Waals surface area contributed by atoms with E-state index in [4.69, 9.17) is 11.5 Å². The molecule has 1 aliphatic heterocycles. The molecule has 2 amide bonds. The maximum Gasteiger partial charge on any atom is 0.240 e. The van der Waals surface area contributed by atoms with Crippen molar-refractivity contribution in [2.45, 2.75) is 45.6 Å². The summed E-state index contributed by atoms with van der Waals surface area (Å²) < 4.78 is 0. The van der Waals surface area contributed by atoms with Gasteiger partial charge in [-0.15, -0.1) is 0 Å². The Kier molecular flexibility index (Phi) is 5.65. The van der Waals surface area contributed by atoms with E-state index in [0.717, 1.165) is 18.4 Å². The Morgan fingerprint density at radius 3 is 2.12 bits per heavy atom. The van der Waals surface area contributed by atoms with Gasteiger partial charge in [0, 0.05) is 13.1 Å². The lowest BCUT2D eigenvalue weighted by molar-refractivity contribution is -0.136. The number of hydrogen-bond acceptors (Lipinski definition) is 3. The second kappa shape index (κ2) is 7.34. The molecule has 0 bridgehead atoms. The van der Waals surface area contributed by atoms with Crippen molar-refractivity contribution in [2.75, 3.05) is 13.1 Å². The van der Waals surface area contributed by atoms with Crippen LogP contribution in [0.25, 0.3) is 0 Å². The molecule has 132 valence electrons. The third-order valence-corrected chi connectivity index (χ3v) is 4.99. The molecule has 0 saturated carbocycles. The zero-order valence-electron chi connectivity index (χ0n) is 14.9. The number of rotatable bonds is 4. The van der Waals surface area contributed by atoms with Crippen LogP contribution in [0.2, 0.25) is 0 Å². The highest BCUT2D eigenvalue weighted by molar-refractivity contribution is 5.83. The Morgan fingerprint density at radius 1 is 1.12 bits per heavy atom. The van der Waals surface area contributed by atoms with E-state index in [9.17, 15) is 9.59 Å². The minimum absolute atomic E-state index is 0.00344. The number of nitrogens with two attached hydrogens (primary N) is 2. The van der Waals surface area contributed by atoms with Gasteiger partial charge in [0.05, 0.1) is 12.0 Å². The van der Waals surface area contributed by atoms with Crippen LogP contribution in [0, 0.1) is 11.3 Å². The van der Waals surface area contributed by atoms with Gasteiger partial charge in [-0.3, -0.25) is 9.59 Å². The smallest absolute Gasteiger partial charge is 0.240 e. The highest BCUT2D eigenvalue weighted by Crippen LogP contribution is 2.33. The van der Waals surface area contributed by atoms with E-state index in [1.54, 1.807) is 0 Å². The van der Waals surface area contributed by atoms with Crippen LogP contribution in [-0.2, 0) is 9.59 Å². The summed E-state index contributed by atoms with van der Waals surface area (Å²) in [6, 6.07) is 9.16. The van der Waals surface area contributed by atoms with Crippen molar-refractivity contribution in [1.29, 1.82) is 0 Å². The van der Waals surface area contributed by atoms with Crippen molar-refractivity contribution in [3.05, 3.63) is 35.9 Å². The molecule has 0 spiro atoms. The minimum atomic E-state index is -0.505. The summed E-state index contributed by atoms with van der Waals surface area (Å²) in [6.07, 6.45) is 1.54. The third kappa shape index (κ3) is 4.15. The van der Waals surface area contributed by atoms with E-state index < -0.39 is 6.04 Å². The molecule has 0 aliphatic carbocycles. The first-order chi connectivity index (χ1) is 11.2. The molecule has 0 radical (unpaired) electrons. The molecule has 1 heterocycles. The second-order valence-corrected chi connectivity index (χ2v) is 7.80. The number of carbonyl (C=O) groups is 2. The number of hydrogen-bond donors (Lipinski definition) is 2. The van der Waals surface area contributed by atoms with Gasteiger partial charge in [-0.25, -0.2) is 0 Å². The van der Waals surface area contributed by atoms with Crippen molar-refractivity contribution >= 4 is 11.8 Å². The van der Waals surface area contributed by atoms with E-state index in [1.165, 1.54) is 0 Å². The summed E-state index contributed by atoms with van der Waals surface area (Å²) in [5.74, 6) is -0.423. The maximum absolute atomic E-state index is 12.5. The molecule has 5 heteroatoms. The second-order valence-electron chi connectivity index (χ2n) is 7.80. The number of likely N-dealkylation sites (tertiary alicyclic amines) is 1. The molecule has 1 fully saturated rings. The van der Waals surface area contributed by atoms with Gasteiger partial charge in [0.2, 0.25) is 11.8 Å². The number of carbonyl (C=O) groups excluding carboxylic acids is 2. The van der Waals surface area contributed by atoms with Gasteiger partial charge < -0.3 is 16.4 Å². The number of primary amides is 1. The van der Waals surface area contributed by atoms with Crippen molar-refractivity contribution in [3.63, 3.8) is 0 Å². The van der Waals surface area contributed by atoms with Crippen LogP contribution in [0.5, 0.6) is 0 Å². The maximum atomic E-state index is 12.5. The van der Waals surface area contributed by atoms with E-state index in [1.807, 2.05) is 56.0 Å². The van der Waals surface area contributed by atoms with Crippen LogP contribution >= 0.6 is 0 Å². The Bertz CT molecular complexity index is 572. The van der Waals surface area contributed by atoms with Gasteiger partial charge in [-0.05, 0) is 29.7 Å². The molecule has 1 unspecified atom stereocenters. The van der Waals surface area contributed by atoms with Crippen molar-refractivity contribution in [2.24, 2.45) is 22.8 Å². The number of piperidine rings is 1. The van der Waals surface area contributed by atoms with Crippen molar-refractivity contribution in [1.82, 2.24) is 4.90 Å².